The van der Waals surface area contributed by atoms with Crippen molar-refractivity contribution in [3.05, 3.63) is 64.7 Å². The highest BCUT2D eigenvalue weighted by Crippen LogP contribution is 2.36. The van der Waals surface area contributed by atoms with Gasteiger partial charge in [0.1, 0.15) is 0 Å². The average molecular weight is 248 g/mol. The zero-order valence-corrected chi connectivity index (χ0v) is 11.7. The number of fused-ring (bicyclic) bond motifs is 1. The Morgan fingerprint density at radius 3 is 2.53 bits per heavy atom. The van der Waals surface area contributed by atoms with Crippen molar-refractivity contribution < 1.29 is 0 Å². The summed E-state index contributed by atoms with van der Waals surface area (Å²) < 4.78 is 0. The maximum atomic E-state index is 2.37. The van der Waals surface area contributed by atoms with E-state index < -0.39 is 0 Å². The van der Waals surface area contributed by atoms with Crippen LogP contribution in [0.4, 0.5) is 0 Å². The van der Waals surface area contributed by atoms with Gasteiger partial charge in [-0.15, -0.1) is 0 Å². The van der Waals surface area contributed by atoms with Gasteiger partial charge in [-0.3, -0.25) is 0 Å². The Morgan fingerprint density at radius 1 is 1.00 bits per heavy atom. The van der Waals surface area contributed by atoms with E-state index in [0.29, 0.717) is 0 Å². The standard InChI is InChI=1S/C19H20/c1-3-7-15-10-11-17-12-14(2)13-18(17)19(15)16-8-5-4-6-9-16/h4-6,8-11,13H,3,7,12H2,1-2H3. The van der Waals surface area contributed by atoms with Crippen LogP contribution in [0.1, 0.15) is 37.0 Å². The van der Waals surface area contributed by atoms with Crippen LogP contribution in [0.25, 0.3) is 17.2 Å². The summed E-state index contributed by atoms with van der Waals surface area (Å²) in [5.74, 6) is 0. The average Bonchev–Trinajstić information content (AvgIpc) is 2.80. The first-order valence-electron chi connectivity index (χ1n) is 7.17. The molecule has 0 unspecified atom stereocenters. The number of rotatable bonds is 3. The Morgan fingerprint density at radius 2 is 1.79 bits per heavy atom. The minimum Gasteiger partial charge on any atom is -0.0683 e. The van der Waals surface area contributed by atoms with Gasteiger partial charge in [-0.1, -0.05) is 67.5 Å². The zero-order valence-electron chi connectivity index (χ0n) is 11.7. The molecule has 0 nitrogen and oxygen atoms in total. The van der Waals surface area contributed by atoms with Gasteiger partial charge in [-0.2, -0.15) is 0 Å². The fourth-order valence-corrected chi connectivity index (χ4v) is 3.05. The second-order valence-corrected chi connectivity index (χ2v) is 5.46. The number of hydrogen-bond acceptors (Lipinski definition) is 0. The van der Waals surface area contributed by atoms with Crippen molar-refractivity contribution in [2.45, 2.75) is 33.1 Å². The lowest BCUT2D eigenvalue weighted by molar-refractivity contribution is 0.922. The molecule has 19 heavy (non-hydrogen) atoms. The summed E-state index contributed by atoms with van der Waals surface area (Å²) in [6.07, 6.45) is 5.84. The van der Waals surface area contributed by atoms with Gasteiger partial charge in [-0.05, 0) is 47.6 Å². The molecular formula is C19H20. The molecule has 0 aliphatic heterocycles. The first-order valence-corrected chi connectivity index (χ1v) is 7.17. The molecule has 0 fully saturated rings. The van der Waals surface area contributed by atoms with Crippen LogP contribution >= 0.6 is 0 Å². The van der Waals surface area contributed by atoms with E-state index in [-0.39, 0.29) is 0 Å². The molecule has 0 saturated carbocycles. The van der Waals surface area contributed by atoms with Crippen molar-refractivity contribution >= 4 is 6.08 Å². The zero-order chi connectivity index (χ0) is 13.2. The molecule has 0 heteroatoms. The van der Waals surface area contributed by atoms with Crippen molar-refractivity contribution in [3.63, 3.8) is 0 Å². The van der Waals surface area contributed by atoms with Crippen LogP contribution in [0.3, 0.4) is 0 Å². The molecule has 0 heterocycles. The smallest absolute Gasteiger partial charge is 0.00604 e. The molecule has 0 saturated heterocycles. The largest absolute Gasteiger partial charge is 0.0683 e. The van der Waals surface area contributed by atoms with E-state index in [1.165, 1.54) is 39.8 Å². The van der Waals surface area contributed by atoms with Crippen molar-refractivity contribution in [1.29, 1.82) is 0 Å². The van der Waals surface area contributed by atoms with Crippen LogP contribution in [0.2, 0.25) is 0 Å². The molecule has 1 aliphatic carbocycles. The maximum absolute atomic E-state index is 2.37. The van der Waals surface area contributed by atoms with Crippen molar-refractivity contribution in [1.82, 2.24) is 0 Å². The lowest BCUT2D eigenvalue weighted by Gasteiger charge is -2.14. The Kier molecular flexibility index (Phi) is 3.25. The van der Waals surface area contributed by atoms with Gasteiger partial charge in [0.05, 0.1) is 0 Å². The Bertz CT molecular complexity index is 618. The van der Waals surface area contributed by atoms with E-state index in [2.05, 4.69) is 62.4 Å². The summed E-state index contributed by atoms with van der Waals surface area (Å²) in [5, 5.41) is 0. The highest BCUT2D eigenvalue weighted by molar-refractivity contribution is 5.83. The van der Waals surface area contributed by atoms with Crippen LogP contribution in [-0.4, -0.2) is 0 Å². The van der Waals surface area contributed by atoms with Crippen LogP contribution in [0.15, 0.2) is 48.0 Å². The fourth-order valence-electron chi connectivity index (χ4n) is 3.05. The van der Waals surface area contributed by atoms with Gasteiger partial charge in [0, 0.05) is 0 Å². The van der Waals surface area contributed by atoms with E-state index in [0.717, 1.165) is 12.8 Å². The van der Waals surface area contributed by atoms with Crippen molar-refractivity contribution in [2.24, 2.45) is 0 Å². The molecule has 0 atom stereocenters. The third-order valence-corrected chi connectivity index (χ3v) is 3.86. The molecule has 0 amide bonds. The SMILES string of the molecule is CCCc1ccc2c(c1-c1ccccc1)C=C(C)C2. The van der Waals surface area contributed by atoms with E-state index in [1.807, 2.05) is 0 Å². The summed E-state index contributed by atoms with van der Waals surface area (Å²) in [7, 11) is 0. The molecule has 3 rings (SSSR count). The fraction of sp³-hybridized carbons (Fsp3) is 0.263. The lowest BCUT2D eigenvalue weighted by Crippen LogP contribution is -1.95. The minimum absolute atomic E-state index is 1.11. The third-order valence-electron chi connectivity index (χ3n) is 3.86. The second-order valence-electron chi connectivity index (χ2n) is 5.46. The molecule has 96 valence electrons. The first-order chi connectivity index (χ1) is 9.29. The predicted molar refractivity (Wildman–Crippen MR) is 83.2 cm³/mol. The van der Waals surface area contributed by atoms with Crippen molar-refractivity contribution in [2.75, 3.05) is 0 Å². The molecular weight excluding hydrogens is 228 g/mol. The summed E-state index contributed by atoms with van der Waals surface area (Å²) in [6.45, 7) is 4.48. The van der Waals surface area contributed by atoms with Crippen LogP contribution in [0.5, 0.6) is 0 Å². The summed E-state index contributed by atoms with van der Waals surface area (Å²) in [6, 6.07) is 15.5. The minimum atomic E-state index is 1.11. The summed E-state index contributed by atoms with van der Waals surface area (Å²) in [4.78, 5) is 0. The second kappa shape index (κ2) is 5.05. The van der Waals surface area contributed by atoms with Gasteiger partial charge >= 0.3 is 0 Å². The Hall–Kier alpha value is -1.82. The molecule has 0 spiro atoms. The van der Waals surface area contributed by atoms with Gasteiger partial charge in [0.25, 0.3) is 0 Å². The first kappa shape index (κ1) is 12.2. The van der Waals surface area contributed by atoms with Crippen LogP contribution in [-0.2, 0) is 12.8 Å². The highest BCUT2D eigenvalue weighted by Gasteiger charge is 2.17. The Labute approximate surface area is 115 Å². The predicted octanol–water partition coefficient (Wildman–Crippen LogP) is 5.27. The van der Waals surface area contributed by atoms with Gasteiger partial charge < -0.3 is 0 Å². The van der Waals surface area contributed by atoms with Crippen LogP contribution < -0.4 is 0 Å². The molecule has 2 aromatic carbocycles. The number of hydrogen-bond donors (Lipinski definition) is 0. The molecule has 0 aromatic heterocycles. The van der Waals surface area contributed by atoms with E-state index in [9.17, 15) is 0 Å². The molecule has 0 bridgehead atoms. The molecule has 0 N–H and O–H groups in total. The van der Waals surface area contributed by atoms with Crippen molar-refractivity contribution in [3.8, 4) is 11.1 Å². The maximum Gasteiger partial charge on any atom is -0.00604 e. The van der Waals surface area contributed by atoms with E-state index in [1.54, 1.807) is 0 Å². The third kappa shape index (κ3) is 2.23. The topological polar surface area (TPSA) is 0 Å². The summed E-state index contributed by atoms with van der Waals surface area (Å²) >= 11 is 0. The number of aryl methyl sites for hydroxylation is 1. The van der Waals surface area contributed by atoms with Gasteiger partial charge in [0.15, 0.2) is 0 Å². The highest BCUT2D eigenvalue weighted by atomic mass is 14.2. The quantitative estimate of drug-likeness (QED) is 0.694. The monoisotopic (exact) mass is 248 g/mol. The number of allylic oxidation sites excluding steroid dienone is 1. The van der Waals surface area contributed by atoms with Crippen LogP contribution in [0, 0.1) is 0 Å². The Balaban J connectivity index is 2.23. The molecule has 1 aliphatic rings. The summed E-state index contributed by atoms with van der Waals surface area (Å²) in [5.41, 5.74) is 8.70. The lowest BCUT2D eigenvalue weighted by atomic mass is 9.90. The molecule has 2 aromatic rings. The van der Waals surface area contributed by atoms with E-state index in [4.69, 9.17) is 0 Å². The van der Waals surface area contributed by atoms with Gasteiger partial charge in [-0.25, -0.2) is 0 Å². The molecule has 0 radical (unpaired) electrons. The van der Waals surface area contributed by atoms with Gasteiger partial charge in [0.2, 0.25) is 0 Å². The van der Waals surface area contributed by atoms with E-state index >= 15 is 0 Å². The normalized spacial score (nSPS) is 13.3. The number of benzene rings is 2.